The molecule has 3 rings (SSSR count). The van der Waals surface area contributed by atoms with Crippen LogP contribution in [0.4, 0.5) is 0 Å². The maximum Gasteiger partial charge on any atom is 0.338 e. The predicted octanol–water partition coefficient (Wildman–Crippen LogP) is 4.12. The van der Waals surface area contributed by atoms with Gasteiger partial charge in [0.1, 0.15) is 17.4 Å². The van der Waals surface area contributed by atoms with Crippen molar-refractivity contribution in [2.24, 2.45) is 5.73 Å². The highest BCUT2D eigenvalue weighted by Gasteiger charge is 2.38. The van der Waals surface area contributed by atoms with Crippen LogP contribution in [0.25, 0.3) is 5.76 Å². The van der Waals surface area contributed by atoms with Crippen LogP contribution in [0.2, 0.25) is 5.02 Å². The number of rotatable bonds is 4. The van der Waals surface area contributed by atoms with Gasteiger partial charge in [0.2, 0.25) is 5.88 Å². The monoisotopic (exact) mass is 380 g/mol. The SMILES string of the molecule is CCOC(=O)C1=C(c2ccccc2)OC(N)=C(C#N)C1c1cccc(Cl)c1. The lowest BCUT2D eigenvalue weighted by Gasteiger charge is -2.28. The van der Waals surface area contributed by atoms with Gasteiger partial charge in [-0.2, -0.15) is 5.26 Å². The topological polar surface area (TPSA) is 85.3 Å². The third kappa shape index (κ3) is 3.67. The Morgan fingerprint density at radius 1 is 1.26 bits per heavy atom. The molecule has 1 unspecified atom stereocenters. The maximum atomic E-state index is 12.9. The van der Waals surface area contributed by atoms with Crippen molar-refractivity contribution in [2.75, 3.05) is 6.61 Å². The quantitative estimate of drug-likeness (QED) is 0.806. The number of nitrogens with two attached hydrogens (primary N) is 1. The van der Waals surface area contributed by atoms with Crippen molar-refractivity contribution in [3.05, 3.63) is 87.8 Å². The molecular weight excluding hydrogens is 364 g/mol. The van der Waals surface area contributed by atoms with E-state index in [0.717, 1.165) is 0 Å². The van der Waals surface area contributed by atoms with Crippen LogP contribution in [0, 0.1) is 11.3 Å². The van der Waals surface area contributed by atoms with Crippen molar-refractivity contribution in [3.63, 3.8) is 0 Å². The van der Waals surface area contributed by atoms with E-state index >= 15 is 0 Å². The molecule has 2 N–H and O–H groups in total. The molecule has 1 aliphatic heterocycles. The molecule has 136 valence electrons. The van der Waals surface area contributed by atoms with E-state index in [2.05, 4.69) is 6.07 Å². The van der Waals surface area contributed by atoms with Gasteiger partial charge in [0.05, 0.1) is 18.1 Å². The maximum absolute atomic E-state index is 12.9. The molecule has 6 heteroatoms. The van der Waals surface area contributed by atoms with Crippen LogP contribution in [0.5, 0.6) is 0 Å². The fourth-order valence-electron chi connectivity index (χ4n) is 3.00. The van der Waals surface area contributed by atoms with Crippen molar-refractivity contribution in [1.82, 2.24) is 0 Å². The molecule has 0 saturated heterocycles. The first-order valence-corrected chi connectivity index (χ1v) is 8.74. The van der Waals surface area contributed by atoms with Crippen LogP contribution >= 0.6 is 11.6 Å². The van der Waals surface area contributed by atoms with Gasteiger partial charge in [-0.05, 0) is 24.6 Å². The summed E-state index contributed by atoms with van der Waals surface area (Å²) < 4.78 is 11.0. The highest BCUT2D eigenvalue weighted by atomic mass is 35.5. The number of halogens is 1. The Labute approximate surface area is 162 Å². The van der Waals surface area contributed by atoms with Crippen LogP contribution in [0.3, 0.4) is 0 Å². The second-order valence-electron chi connectivity index (χ2n) is 5.81. The fraction of sp³-hybridized carbons (Fsp3) is 0.143. The molecule has 0 radical (unpaired) electrons. The zero-order valence-electron chi connectivity index (χ0n) is 14.6. The van der Waals surface area contributed by atoms with Gasteiger partial charge in [-0.1, -0.05) is 54.1 Å². The highest BCUT2D eigenvalue weighted by Crippen LogP contribution is 2.43. The normalized spacial score (nSPS) is 16.6. The number of ether oxygens (including phenoxy) is 2. The summed E-state index contributed by atoms with van der Waals surface area (Å²) in [5, 5.41) is 10.2. The summed E-state index contributed by atoms with van der Waals surface area (Å²) in [7, 11) is 0. The molecule has 0 bridgehead atoms. The number of nitriles is 1. The van der Waals surface area contributed by atoms with Gasteiger partial charge < -0.3 is 15.2 Å². The number of nitrogens with zero attached hydrogens (tertiary/aromatic N) is 1. The lowest BCUT2D eigenvalue weighted by molar-refractivity contribution is -0.138. The second-order valence-corrected chi connectivity index (χ2v) is 6.25. The largest absolute Gasteiger partial charge is 0.463 e. The van der Waals surface area contributed by atoms with Crippen molar-refractivity contribution >= 4 is 23.3 Å². The van der Waals surface area contributed by atoms with Crippen LogP contribution in [0.15, 0.2) is 71.6 Å². The molecule has 0 aliphatic carbocycles. The first kappa shape index (κ1) is 18.6. The number of benzene rings is 2. The average Bonchev–Trinajstić information content (AvgIpc) is 2.68. The number of hydrogen-bond donors (Lipinski definition) is 1. The summed E-state index contributed by atoms with van der Waals surface area (Å²) in [6.07, 6.45) is 0. The van der Waals surface area contributed by atoms with Crippen LogP contribution in [-0.4, -0.2) is 12.6 Å². The van der Waals surface area contributed by atoms with Gasteiger partial charge in [-0.15, -0.1) is 0 Å². The summed E-state index contributed by atoms with van der Waals surface area (Å²) in [6.45, 7) is 1.90. The van der Waals surface area contributed by atoms with Crippen LogP contribution < -0.4 is 5.73 Å². The Balaban J connectivity index is 2.28. The Kier molecular flexibility index (Phi) is 5.49. The van der Waals surface area contributed by atoms with E-state index in [-0.39, 0.29) is 29.4 Å². The summed E-state index contributed by atoms with van der Waals surface area (Å²) in [5.41, 5.74) is 7.71. The van der Waals surface area contributed by atoms with Gasteiger partial charge in [0, 0.05) is 10.6 Å². The zero-order valence-corrected chi connectivity index (χ0v) is 15.4. The summed E-state index contributed by atoms with van der Waals surface area (Å²) in [4.78, 5) is 12.9. The van der Waals surface area contributed by atoms with E-state index in [9.17, 15) is 10.1 Å². The third-order valence-corrected chi connectivity index (χ3v) is 4.37. The van der Waals surface area contributed by atoms with Gasteiger partial charge in [0.15, 0.2) is 0 Å². The standard InChI is InChI=1S/C21H17ClN2O3/c1-2-26-21(25)18-17(14-9-6-10-15(22)11-14)16(12-23)20(24)27-19(18)13-7-4-3-5-8-13/h3-11,17H,2,24H2,1H3. The van der Waals surface area contributed by atoms with Gasteiger partial charge in [0.25, 0.3) is 0 Å². The number of esters is 1. The highest BCUT2D eigenvalue weighted by molar-refractivity contribution is 6.30. The second kappa shape index (κ2) is 7.98. The number of allylic oxidation sites excluding steroid dienone is 1. The smallest absolute Gasteiger partial charge is 0.338 e. The van der Waals surface area contributed by atoms with Crippen molar-refractivity contribution in [1.29, 1.82) is 5.26 Å². The van der Waals surface area contributed by atoms with E-state index < -0.39 is 11.9 Å². The lowest BCUT2D eigenvalue weighted by atomic mass is 9.82. The van der Waals surface area contributed by atoms with Gasteiger partial charge in [-0.25, -0.2) is 4.79 Å². The predicted molar refractivity (Wildman–Crippen MR) is 102 cm³/mol. The van der Waals surface area contributed by atoms with Crippen LogP contribution in [-0.2, 0) is 14.3 Å². The van der Waals surface area contributed by atoms with Crippen molar-refractivity contribution in [3.8, 4) is 6.07 Å². The molecule has 5 nitrogen and oxygen atoms in total. The van der Waals surface area contributed by atoms with Gasteiger partial charge >= 0.3 is 5.97 Å². The molecule has 0 amide bonds. The molecule has 2 aromatic rings. The van der Waals surface area contributed by atoms with E-state index in [4.69, 9.17) is 26.8 Å². The molecule has 0 spiro atoms. The molecule has 2 aromatic carbocycles. The van der Waals surface area contributed by atoms with Crippen molar-refractivity contribution < 1.29 is 14.3 Å². The molecular formula is C21H17ClN2O3. The number of carbonyl (C=O) groups excluding carboxylic acids is 1. The van der Waals surface area contributed by atoms with E-state index in [1.807, 2.05) is 18.2 Å². The number of carbonyl (C=O) groups is 1. The molecule has 0 saturated carbocycles. The summed E-state index contributed by atoms with van der Waals surface area (Å²) >= 11 is 6.14. The van der Waals surface area contributed by atoms with Crippen LogP contribution in [0.1, 0.15) is 24.0 Å². The Bertz CT molecular complexity index is 974. The minimum Gasteiger partial charge on any atom is -0.463 e. The molecule has 1 aliphatic rings. The first-order valence-electron chi connectivity index (χ1n) is 8.36. The summed E-state index contributed by atoms with van der Waals surface area (Å²) in [6, 6.07) is 18.1. The average molecular weight is 381 g/mol. The van der Waals surface area contributed by atoms with Gasteiger partial charge in [-0.3, -0.25) is 0 Å². The van der Waals surface area contributed by atoms with E-state index in [1.165, 1.54) is 0 Å². The van der Waals surface area contributed by atoms with Crippen molar-refractivity contribution in [2.45, 2.75) is 12.8 Å². The third-order valence-electron chi connectivity index (χ3n) is 4.13. The molecule has 27 heavy (non-hydrogen) atoms. The minimum atomic E-state index is -0.739. The molecule has 0 aromatic heterocycles. The molecule has 1 heterocycles. The zero-order chi connectivity index (χ0) is 19.4. The Hall–Kier alpha value is -3.23. The molecule has 0 fully saturated rings. The molecule has 1 atom stereocenters. The Morgan fingerprint density at radius 3 is 2.63 bits per heavy atom. The van der Waals surface area contributed by atoms with E-state index in [1.54, 1.807) is 43.3 Å². The lowest BCUT2D eigenvalue weighted by Crippen LogP contribution is -2.25. The van der Waals surface area contributed by atoms with E-state index in [0.29, 0.717) is 16.1 Å². The fourth-order valence-corrected chi connectivity index (χ4v) is 3.20. The Morgan fingerprint density at radius 2 is 2.00 bits per heavy atom. The first-order chi connectivity index (χ1) is 13.1. The summed E-state index contributed by atoms with van der Waals surface area (Å²) in [5.74, 6) is -1.08. The number of hydrogen-bond acceptors (Lipinski definition) is 5. The minimum absolute atomic E-state index is 0.0469.